The van der Waals surface area contributed by atoms with E-state index in [0.29, 0.717) is 5.56 Å². The van der Waals surface area contributed by atoms with Gasteiger partial charge >= 0.3 is 5.97 Å². The maximum atomic E-state index is 11.1. The molecule has 2 N–H and O–H groups in total. The van der Waals surface area contributed by atoms with E-state index in [2.05, 4.69) is 4.74 Å². The summed E-state index contributed by atoms with van der Waals surface area (Å²) in [6, 6.07) is 7.07. The predicted octanol–water partition coefficient (Wildman–Crippen LogP) is 1.91. The summed E-state index contributed by atoms with van der Waals surface area (Å²) < 4.78 is 4.59. The molecule has 4 heteroatoms. The number of nitrogens with two attached hydrogens (primary N) is 1. The zero-order valence-corrected chi connectivity index (χ0v) is 9.01. The summed E-state index contributed by atoms with van der Waals surface area (Å²) in [6.45, 7) is 1.87. The molecule has 1 aromatic carbocycles. The van der Waals surface area contributed by atoms with Gasteiger partial charge in [-0.1, -0.05) is 12.1 Å². The van der Waals surface area contributed by atoms with Gasteiger partial charge < -0.3 is 10.5 Å². The molecule has 0 aliphatic carbocycles. The molecular weight excluding hydrogens is 202 g/mol. The SMILES string of the molecule is COC(=O)c1cccc(C(C)N)c1.Cl. The molecule has 1 unspecified atom stereocenters. The Kier molecular flexibility index (Phi) is 5.20. The molecule has 0 saturated carbocycles. The molecule has 14 heavy (non-hydrogen) atoms. The van der Waals surface area contributed by atoms with E-state index < -0.39 is 0 Å². The number of hydrogen-bond acceptors (Lipinski definition) is 3. The van der Waals surface area contributed by atoms with Gasteiger partial charge in [-0.2, -0.15) is 0 Å². The molecule has 0 amide bonds. The average Bonchev–Trinajstić information content (AvgIpc) is 2.17. The minimum Gasteiger partial charge on any atom is -0.465 e. The summed E-state index contributed by atoms with van der Waals surface area (Å²) >= 11 is 0. The zero-order chi connectivity index (χ0) is 9.84. The van der Waals surface area contributed by atoms with E-state index in [9.17, 15) is 4.79 Å². The number of rotatable bonds is 2. The van der Waals surface area contributed by atoms with Gasteiger partial charge in [-0.25, -0.2) is 4.79 Å². The Hall–Kier alpha value is -1.06. The van der Waals surface area contributed by atoms with Gasteiger partial charge in [0.05, 0.1) is 12.7 Å². The van der Waals surface area contributed by atoms with Crippen molar-refractivity contribution in [1.29, 1.82) is 0 Å². The van der Waals surface area contributed by atoms with Crippen molar-refractivity contribution in [2.45, 2.75) is 13.0 Å². The van der Waals surface area contributed by atoms with Crippen LogP contribution in [0.25, 0.3) is 0 Å². The number of halogens is 1. The first-order valence-electron chi connectivity index (χ1n) is 4.09. The Morgan fingerprint density at radius 3 is 2.64 bits per heavy atom. The number of methoxy groups -OCH3 is 1. The standard InChI is InChI=1S/C10H13NO2.ClH/c1-7(11)8-4-3-5-9(6-8)10(12)13-2;/h3-7H,11H2,1-2H3;1H. The van der Waals surface area contributed by atoms with Crippen LogP contribution in [0.4, 0.5) is 0 Å². The third-order valence-electron chi connectivity index (χ3n) is 1.83. The fourth-order valence-electron chi connectivity index (χ4n) is 1.07. The molecular formula is C10H14ClNO2. The second-order valence-electron chi connectivity index (χ2n) is 2.91. The van der Waals surface area contributed by atoms with Crippen molar-refractivity contribution in [3.05, 3.63) is 35.4 Å². The van der Waals surface area contributed by atoms with Gasteiger partial charge in [-0.05, 0) is 24.6 Å². The first-order chi connectivity index (χ1) is 6.15. The molecule has 78 valence electrons. The fourth-order valence-corrected chi connectivity index (χ4v) is 1.07. The highest BCUT2D eigenvalue weighted by Gasteiger charge is 2.06. The Morgan fingerprint density at radius 1 is 1.50 bits per heavy atom. The van der Waals surface area contributed by atoms with Crippen LogP contribution < -0.4 is 5.73 Å². The highest BCUT2D eigenvalue weighted by Crippen LogP contribution is 2.12. The second kappa shape index (κ2) is 5.62. The van der Waals surface area contributed by atoms with E-state index in [-0.39, 0.29) is 24.4 Å². The van der Waals surface area contributed by atoms with Crippen LogP contribution in [0.15, 0.2) is 24.3 Å². The lowest BCUT2D eigenvalue weighted by molar-refractivity contribution is 0.0600. The molecule has 0 radical (unpaired) electrons. The molecule has 0 aromatic heterocycles. The van der Waals surface area contributed by atoms with E-state index in [1.54, 1.807) is 18.2 Å². The lowest BCUT2D eigenvalue weighted by atomic mass is 10.1. The normalized spacial score (nSPS) is 11.4. The first-order valence-corrected chi connectivity index (χ1v) is 4.09. The van der Waals surface area contributed by atoms with Gasteiger partial charge in [0.25, 0.3) is 0 Å². The van der Waals surface area contributed by atoms with E-state index in [4.69, 9.17) is 5.73 Å². The molecule has 1 atom stereocenters. The lowest BCUT2D eigenvalue weighted by Gasteiger charge is -2.06. The van der Waals surface area contributed by atoms with Crippen LogP contribution in [-0.4, -0.2) is 13.1 Å². The molecule has 0 saturated heterocycles. The van der Waals surface area contributed by atoms with E-state index in [0.717, 1.165) is 5.56 Å². The summed E-state index contributed by atoms with van der Waals surface area (Å²) in [5, 5.41) is 0. The second-order valence-corrected chi connectivity index (χ2v) is 2.91. The Labute approximate surface area is 89.7 Å². The molecule has 0 spiro atoms. The van der Waals surface area contributed by atoms with Crippen molar-refractivity contribution in [2.24, 2.45) is 5.73 Å². The maximum Gasteiger partial charge on any atom is 0.337 e. The van der Waals surface area contributed by atoms with Crippen LogP contribution >= 0.6 is 12.4 Å². The molecule has 3 nitrogen and oxygen atoms in total. The highest BCUT2D eigenvalue weighted by atomic mass is 35.5. The van der Waals surface area contributed by atoms with Crippen LogP contribution in [-0.2, 0) is 4.74 Å². The van der Waals surface area contributed by atoms with Crippen LogP contribution in [0.1, 0.15) is 28.9 Å². The van der Waals surface area contributed by atoms with Gasteiger partial charge in [-0.3, -0.25) is 0 Å². The van der Waals surface area contributed by atoms with Crippen molar-refractivity contribution in [3.63, 3.8) is 0 Å². The third-order valence-corrected chi connectivity index (χ3v) is 1.83. The number of carbonyl (C=O) groups excluding carboxylic acids is 1. The highest BCUT2D eigenvalue weighted by molar-refractivity contribution is 5.89. The zero-order valence-electron chi connectivity index (χ0n) is 8.19. The van der Waals surface area contributed by atoms with Crippen molar-refractivity contribution in [3.8, 4) is 0 Å². The number of benzene rings is 1. The van der Waals surface area contributed by atoms with E-state index >= 15 is 0 Å². The summed E-state index contributed by atoms with van der Waals surface area (Å²) in [7, 11) is 1.36. The molecule has 1 aromatic rings. The maximum absolute atomic E-state index is 11.1. The summed E-state index contributed by atoms with van der Waals surface area (Å²) in [6.07, 6.45) is 0. The summed E-state index contributed by atoms with van der Waals surface area (Å²) in [5.74, 6) is -0.331. The Morgan fingerprint density at radius 2 is 2.14 bits per heavy atom. The van der Waals surface area contributed by atoms with E-state index in [1.807, 2.05) is 13.0 Å². The number of esters is 1. The van der Waals surface area contributed by atoms with E-state index in [1.165, 1.54) is 7.11 Å². The summed E-state index contributed by atoms with van der Waals surface area (Å²) in [5.41, 5.74) is 7.14. The molecule has 0 bridgehead atoms. The van der Waals surface area contributed by atoms with Crippen molar-refractivity contribution < 1.29 is 9.53 Å². The number of hydrogen-bond donors (Lipinski definition) is 1. The topological polar surface area (TPSA) is 52.3 Å². The van der Waals surface area contributed by atoms with Crippen LogP contribution in [0, 0.1) is 0 Å². The minimum absolute atomic E-state index is 0. The Bertz CT molecular complexity index is 313. The van der Waals surface area contributed by atoms with Gasteiger partial charge in [0, 0.05) is 6.04 Å². The van der Waals surface area contributed by atoms with Crippen LogP contribution in [0.2, 0.25) is 0 Å². The van der Waals surface area contributed by atoms with Gasteiger partial charge in [0.15, 0.2) is 0 Å². The molecule has 0 aliphatic rings. The van der Waals surface area contributed by atoms with Gasteiger partial charge in [0.2, 0.25) is 0 Å². The van der Waals surface area contributed by atoms with Gasteiger partial charge in [-0.15, -0.1) is 12.4 Å². The van der Waals surface area contributed by atoms with Gasteiger partial charge in [0.1, 0.15) is 0 Å². The largest absolute Gasteiger partial charge is 0.465 e. The molecule has 1 rings (SSSR count). The minimum atomic E-state index is -0.331. The Balaban J connectivity index is 0.00000169. The molecule has 0 heterocycles. The number of ether oxygens (including phenoxy) is 1. The number of carbonyl (C=O) groups is 1. The monoisotopic (exact) mass is 215 g/mol. The quantitative estimate of drug-likeness (QED) is 0.767. The van der Waals surface area contributed by atoms with Crippen LogP contribution in [0.5, 0.6) is 0 Å². The van der Waals surface area contributed by atoms with Crippen LogP contribution in [0.3, 0.4) is 0 Å². The van der Waals surface area contributed by atoms with Crippen molar-refractivity contribution in [1.82, 2.24) is 0 Å². The predicted molar refractivity (Wildman–Crippen MR) is 57.6 cm³/mol. The first kappa shape index (κ1) is 12.9. The fraction of sp³-hybridized carbons (Fsp3) is 0.300. The lowest BCUT2D eigenvalue weighted by Crippen LogP contribution is -2.07. The molecule has 0 fully saturated rings. The third kappa shape index (κ3) is 3.01. The molecule has 0 aliphatic heterocycles. The smallest absolute Gasteiger partial charge is 0.337 e. The van der Waals surface area contributed by atoms with Crippen molar-refractivity contribution >= 4 is 18.4 Å². The van der Waals surface area contributed by atoms with Crippen molar-refractivity contribution in [2.75, 3.05) is 7.11 Å². The summed E-state index contributed by atoms with van der Waals surface area (Å²) in [4.78, 5) is 11.1. The average molecular weight is 216 g/mol.